The number of fused-ring (bicyclic) bond motifs is 1. The second-order valence-electron chi connectivity index (χ2n) is 5.69. The van der Waals surface area contributed by atoms with Crippen LogP contribution in [0.2, 0.25) is 0 Å². The van der Waals surface area contributed by atoms with Crippen LogP contribution < -0.4 is 5.32 Å². The van der Waals surface area contributed by atoms with E-state index in [1.54, 1.807) is 7.11 Å². The van der Waals surface area contributed by atoms with Crippen molar-refractivity contribution in [3.8, 4) is 0 Å². The molecule has 0 amide bonds. The van der Waals surface area contributed by atoms with E-state index >= 15 is 0 Å². The molecule has 3 rings (SSSR count). The molecule has 0 aliphatic carbocycles. The maximum atomic E-state index is 5.97. The number of nitrogens with one attached hydrogen (secondary N) is 1. The number of hydrogen-bond acceptors (Lipinski definition) is 6. The summed E-state index contributed by atoms with van der Waals surface area (Å²) in [5.41, 5.74) is 1.00. The van der Waals surface area contributed by atoms with E-state index in [4.69, 9.17) is 9.47 Å². The lowest BCUT2D eigenvalue weighted by atomic mass is 10.2. The fourth-order valence-electron chi connectivity index (χ4n) is 3.03. The highest BCUT2D eigenvalue weighted by Crippen LogP contribution is 2.28. The second kappa shape index (κ2) is 7.26. The largest absolute Gasteiger partial charge is 0.383 e. The predicted molar refractivity (Wildman–Crippen MR) is 78.9 cm³/mol. The molecule has 2 saturated heterocycles. The Labute approximate surface area is 125 Å². The van der Waals surface area contributed by atoms with E-state index in [-0.39, 0.29) is 6.10 Å². The third-order valence-electron chi connectivity index (χ3n) is 4.20. The van der Waals surface area contributed by atoms with Crippen LogP contribution in [0, 0.1) is 0 Å². The lowest BCUT2D eigenvalue weighted by Gasteiger charge is -2.34. The Morgan fingerprint density at radius 1 is 1.52 bits per heavy atom. The van der Waals surface area contributed by atoms with Gasteiger partial charge in [-0.3, -0.25) is 4.90 Å². The van der Waals surface area contributed by atoms with Crippen molar-refractivity contribution in [2.24, 2.45) is 0 Å². The zero-order valence-corrected chi connectivity index (χ0v) is 12.6. The van der Waals surface area contributed by atoms with Crippen LogP contribution in [0.1, 0.15) is 30.5 Å². The van der Waals surface area contributed by atoms with Gasteiger partial charge in [-0.15, -0.1) is 0 Å². The Kier molecular flexibility index (Phi) is 5.13. The molecule has 2 aliphatic heterocycles. The molecule has 0 spiro atoms. The Bertz CT molecular complexity index is 457. The Hall–Kier alpha value is -1.08. The van der Waals surface area contributed by atoms with E-state index in [1.807, 2.05) is 12.3 Å². The summed E-state index contributed by atoms with van der Waals surface area (Å²) in [6.45, 7) is 5.18. The number of nitrogens with zero attached hydrogens (tertiary/aromatic N) is 3. The van der Waals surface area contributed by atoms with Crippen molar-refractivity contribution in [2.45, 2.75) is 31.5 Å². The molecule has 2 unspecified atom stereocenters. The van der Waals surface area contributed by atoms with Crippen LogP contribution >= 0.6 is 0 Å². The summed E-state index contributed by atoms with van der Waals surface area (Å²) < 4.78 is 11.0. The average Bonchev–Trinajstić information content (AvgIpc) is 2.99. The van der Waals surface area contributed by atoms with Gasteiger partial charge in [-0.25, -0.2) is 9.97 Å². The molecular formula is C15H24N4O2. The smallest absolute Gasteiger partial charge is 0.158 e. The van der Waals surface area contributed by atoms with Crippen molar-refractivity contribution in [1.29, 1.82) is 0 Å². The molecule has 0 bridgehead atoms. The van der Waals surface area contributed by atoms with Gasteiger partial charge in [0.15, 0.2) is 5.82 Å². The fraction of sp³-hybridized carbons (Fsp3) is 0.733. The lowest BCUT2D eigenvalue weighted by Crippen LogP contribution is -2.42. The van der Waals surface area contributed by atoms with Crippen LogP contribution in [0.15, 0.2) is 12.3 Å². The van der Waals surface area contributed by atoms with Crippen molar-refractivity contribution in [1.82, 2.24) is 20.2 Å². The van der Waals surface area contributed by atoms with Gasteiger partial charge in [0.05, 0.1) is 18.9 Å². The van der Waals surface area contributed by atoms with Gasteiger partial charge in [0.2, 0.25) is 0 Å². The zero-order chi connectivity index (χ0) is 14.5. The van der Waals surface area contributed by atoms with Crippen LogP contribution in [-0.4, -0.2) is 60.9 Å². The van der Waals surface area contributed by atoms with Crippen molar-refractivity contribution < 1.29 is 9.47 Å². The van der Waals surface area contributed by atoms with E-state index in [0.29, 0.717) is 12.6 Å². The summed E-state index contributed by atoms with van der Waals surface area (Å²) in [5, 5.41) is 3.30. The lowest BCUT2D eigenvalue weighted by molar-refractivity contribution is -0.0542. The van der Waals surface area contributed by atoms with Gasteiger partial charge in [-0.2, -0.15) is 0 Å². The number of aromatic nitrogens is 2. The molecule has 1 aromatic rings. The standard InChI is InChI=1S/C15H24N4O2/c1-20-8-6-16-9-12-4-5-17-15(18-12)14-10-19-7-2-3-13(19)11-21-14/h4-5,13-14,16H,2-3,6-11H2,1H3. The Morgan fingerprint density at radius 2 is 2.48 bits per heavy atom. The molecule has 21 heavy (non-hydrogen) atoms. The molecule has 2 fully saturated rings. The highest BCUT2D eigenvalue weighted by molar-refractivity contribution is 5.05. The average molecular weight is 292 g/mol. The molecule has 3 heterocycles. The van der Waals surface area contributed by atoms with E-state index < -0.39 is 0 Å². The second-order valence-corrected chi connectivity index (χ2v) is 5.69. The number of hydrogen-bond donors (Lipinski definition) is 1. The molecule has 0 aromatic carbocycles. The zero-order valence-electron chi connectivity index (χ0n) is 12.6. The van der Waals surface area contributed by atoms with Gasteiger partial charge >= 0.3 is 0 Å². The van der Waals surface area contributed by atoms with Gasteiger partial charge < -0.3 is 14.8 Å². The number of morpholine rings is 1. The molecule has 0 saturated carbocycles. The highest BCUT2D eigenvalue weighted by atomic mass is 16.5. The van der Waals surface area contributed by atoms with Gasteiger partial charge in [0, 0.05) is 39.0 Å². The van der Waals surface area contributed by atoms with E-state index in [9.17, 15) is 0 Å². The molecule has 6 nitrogen and oxygen atoms in total. The van der Waals surface area contributed by atoms with Crippen LogP contribution in [-0.2, 0) is 16.0 Å². The minimum Gasteiger partial charge on any atom is -0.383 e. The third-order valence-corrected chi connectivity index (χ3v) is 4.20. The molecule has 116 valence electrons. The highest BCUT2D eigenvalue weighted by Gasteiger charge is 2.33. The molecule has 2 atom stereocenters. The van der Waals surface area contributed by atoms with Crippen molar-refractivity contribution >= 4 is 0 Å². The summed E-state index contributed by atoms with van der Waals surface area (Å²) in [7, 11) is 1.70. The van der Waals surface area contributed by atoms with Crippen LogP contribution in [0.3, 0.4) is 0 Å². The van der Waals surface area contributed by atoms with Gasteiger partial charge in [-0.1, -0.05) is 0 Å². The monoisotopic (exact) mass is 292 g/mol. The maximum absolute atomic E-state index is 5.97. The Morgan fingerprint density at radius 3 is 3.38 bits per heavy atom. The minimum absolute atomic E-state index is 0.0123. The summed E-state index contributed by atoms with van der Waals surface area (Å²) in [4.78, 5) is 11.6. The quantitative estimate of drug-likeness (QED) is 0.781. The molecule has 0 radical (unpaired) electrons. The van der Waals surface area contributed by atoms with Crippen LogP contribution in [0.4, 0.5) is 0 Å². The van der Waals surface area contributed by atoms with Gasteiger partial charge in [-0.05, 0) is 25.5 Å². The SMILES string of the molecule is COCCNCc1ccnc(C2CN3CCCC3CO2)n1. The number of rotatable bonds is 6. The van der Waals surface area contributed by atoms with Crippen molar-refractivity contribution in [3.05, 3.63) is 23.8 Å². The molecule has 1 aromatic heterocycles. The first-order valence-corrected chi connectivity index (χ1v) is 7.74. The summed E-state index contributed by atoms with van der Waals surface area (Å²) in [6.07, 6.45) is 4.38. The van der Waals surface area contributed by atoms with E-state index in [2.05, 4.69) is 20.2 Å². The third kappa shape index (κ3) is 3.77. The van der Waals surface area contributed by atoms with Gasteiger partial charge in [0.1, 0.15) is 6.10 Å². The minimum atomic E-state index is 0.0123. The van der Waals surface area contributed by atoms with Crippen LogP contribution in [0.25, 0.3) is 0 Å². The normalized spacial score (nSPS) is 26.0. The molecule has 1 N–H and O–H groups in total. The number of ether oxygens (including phenoxy) is 2. The number of methoxy groups -OCH3 is 1. The maximum Gasteiger partial charge on any atom is 0.158 e. The van der Waals surface area contributed by atoms with Gasteiger partial charge in [0.25, 0.3) is 0 Å². The molecule has 2 aliphatic rings. The van der Waals surface area contributed by atoms with Crippen molar-refractivity contribution in [3.63, 3.8) is 0 Å². The predicted octanol–water partition coefficient (Wildman–Crippen LogP) is 0.748. The van der Waals surface area contributed by atoms with E-state index in [0.717, 1.165) is 37.8 Å². The summed E-state index contributed by atoms with van der Waals surface area (Å²) in [6, 6.07) is 2.56. The first-order chi connectivity index (χ1) is 10.4. The van der Waals surface area contributed by atoms with Crippen molar-refractivity contribution in [2.75, 3.05) is 40.0 Å². The first-order valence-electron chi connectivity index (χ1n) is 7.74. The summed E-state index contributed by atoms with van der Waals surface area (Å²) >= 11 is 0. The molecular weight excluding hydrogens is 268 g/mol. The van der Waals surface area contributed by atoms with Crippen LogP contribution in [0.5, 0.6) is 0 Å². The molecule has 6 heteroatoms. The Balaban J connectivity index is 1.57. The topological polar surface area (TPSA) is 59.5 Å². The van der Waals surface area contributed by atoms with E-state index in [1.165, 1.54) is 19.4 Å². The fourth-order valence-corrected chi connectivity index (χ4v) is 3.03. The first kappa shape index (κ1) is 14.8. The summed E-state index contributed by atoms with van der Waals surface area (Å²) in [5.74, 6) is 0.811.